The molecule has 96 heavy (non-hydrogen) atoms. The number of carbonyl (C=O) groups excluding carboxylic acids is 3. The minimum absolute atomic E-state index is 0.0104. The zero-order valence-electron chi connectivity index (χ0n) is 54.1. The molecular weight excluding hydrogens is 1260 g/mol. The Hall–Kier alpha value is -8.74. The van der Waals surface area contributed by atoms with Crippen LogP contribution in [0.4, 0.5) is 71.4 Å². The molecule has 3 aromatic carbocycles. The number of hydrogen-bond acceptors (Lipinski definition) is 12. The molecule has 5 saturated carbocycles. The second kappa shape index (κ2) is 24.7. The van der Waals surface area contributed by atoms with Crippen LogP contribution in [0, 0.1) is 47.5 Å². The normalized spacial score (nSPS) is 26.8. The van der Waals surface area contributed by atoms with Gasteiger partial charge in [0.2, 0.25) is 0 Å². The second-order valence-corrected chi connectivity index (χ2v) is 27.7. The molecular formula is C69H74F9N13O5. The molecule has 508 valence electrons. The van der Waals surface area contributed by atoms with Gasteiger partial charge in [-0.2, -0.15) is 5.26 Å². The van der Waals surface area contributed by atoms with Crippen molar-refractivity contribution in [2.45, 2.75) is 117 Å². The van der Waals surface area contributed by atoms with Gasteiger partial charge in [-0.05, 0) is 214 Å². The molecule has 18 nitrogen and oxygen atoms in total. The highest BCUT2D eigenvalue weighted by atomic mass is 19.4. The van der Waals surface area contributed by atoms with Gasteiger partial charge >= 0.3 is 30.8 Å². The minimum atomic E-state index is -4.81. The van der Waals surface area contributed by atoms with E-state index in [2.05, 4.69) is 50.5 Å². The van der Waals surface area contributed by atoms with Gasteiger partial charge in [-0.3, -0.25) is 29.4 Å². The van der Waals surface area contributed by atoms with Crippen molar-refractivity contribution in [1.29, 1.82) is 5.26 Å². The Labute approximate surface area is 550 Å². The first kappa shape index (κ1) is 67.2. The van der Waals surface area contributed by atoms with E-state index in [-0.39, 0.29) is 58.3 Å². The fourth-order valence-corrected chi connectivity index (χ4v) is 15.5. The van der Waals surface area contributed by atoms with Crippen molar-refractivity contribution in [3.05, 3.63) is 167 Å². The van der Waals surface area contributed by atoms with Gasteiger partial charge in [-0.1, -0.05) is 36.4 Å². The summed E-state index contributed by atoms with van der Waals surface area (Å²) in [6, 6.07) is 28.1. The van der Waals surface area contributed by atoms with Crippen LogP contribution in [-0.4, -0.2) is 162 Å². The van der Waals surface area contributed by atoms with E-state index in [4.69, 9.17) is 0 Å². The standard InChI is InChI=1S/C25H28FN5O.C24H26F4N4O2.C20H20F4N4O2/c1-17-9-19(11-27)12-28-22(17)30-16-24(31(23(30)32)13-18-7-8-18)14-25(15-24,29(2)3)20-5-4-6-21(26)10-20;1-30(2)23(17-4-3-5-18(25)10-17)13-22(14-23)15-31(21(33)32(22)12-16-6-7-16)20-9-8-19(11-29-20)34-24(26,27)28;1-27(2)19(13-4-3-5-14(21)8-13)10-18(11-19)12-28(17(29)26-18)16-7-6-15(9-25-16)30-20(22,23)24/h4-6,9-10,12,18H,7-8,13-16H2,1-3H3;3-5,8-11,16H,6-7,12-15H2,1-2H3;3-9H,10-12H2,1-2H3,(H,26,29). The van der Waals surface area contributed by atoms with Crippen LogP contribution in [0.2, 0.25) is 0 Å². The predicted molar refractivity (Wildman–Crippen MR) is 337 cm³/mol. The number of pyridine rings is 3. The summed E-state index contributed by atoms with van der Waals surface area (Å²) in [4.78, 5) is 67.1. The van der Waals surface area contributed by atoms with Crippen LogP contribution >= 0.6 is 0 Å². The Morgan fingerprint density at radius 2 is 0.948 bits per heavy atom. The summed E-state index contributed by atoms with van der Waals surface area (Å²) < 4.78 is 124. The van der Waals surface area contributed by atoms with E-state index in [1.165, 1.54) is 52.4 Å². The maximum Gasteiger partial charge on any atom is 0.573 e. The lowest BCUT2D eigenvalue weighted by Crippen LogP contribution is -2.67. The largest absolute Gasteiger partial charge is 0.573 e. The van der Waals surface area contributed by atoms with Crippen molar-refractivity contribution in [2.75, 3.05) is 89.7 Å². The lowest BCUT2D eigenvalue weighted by Gasteiger charge is -2.60. The molecule has 3 aromatic heterocycles. The number of halogens is 9. The van der Waals surface area contributed by atoms with Crippen LogP contribution in [0.25, 0.3) is 0 Å². The van der Waals surface area contributed by atoms with Gasteiger partial charge in [0.25, 0.3) is 0 Å². The predicted octanol–water partition coefficient (Wildman–Crippen LogP) is 12.4. The number of amides is 6. The molecule has 3 saturated heterocycles. The molecule has 1 N–H and O–H groups in total. The smallest absolute Gasteiger partial charge is 0.404 e. The van der Waals surface area contributed by atoms with E-state index in [0.29, 0.717) is 75.1 Å². The third-order valence-electron chi connectivity index (χ3n) is 20.6. The molecule has 27 heteroatoms. The second-order valence-electron chi connectivity index (χ2n) is 27.7. The maximum atomic E-state index is 14.1. The lowest BCUT2D eigenvalue weighted by molar-refractivity contribution is -0.275. The van der Waals surface area contributed by atoms with E-state index < -0.39 is 46.4 Å². The minimum Gasteiger partial charge on any atom is -0.404 e. The molecule has 8 fully saturated rings. The SMILES string of the molecule is CN(C)C1(c2cccc(F)c2)CC2(CN(c3ccc(OC(F)(F)F)cn3)C(=O)N2)C1.CN(C)C1(c2cccc(F)c2)CC2(CN(c3ccc(OC(F)(F)F)cn3)C(=O)N2CC2CC2)C1.Cc1cc(C#N)cnc1N1CC2(CC(c3cccc(F)c3)(N(C)C)C2)N(CC2CC2)C1=O. The highest BCUT2D eigenvalue weighted by molar-refractivity contribution is 5.97. The molecule has 6 heterocycles. The molecule has 0 bridgehead atoms. The summed E-state index contributed by atoms with van der Waals surface area (Å²) in [5, 5.41) is 12.2. The van der Waals surface area contributed by atoms with Crippen LogP contribution < -0.4 is 29.5 Å². The van der Waals surface area contributed by atoms with Crippen molar-refractivity contribution in [2.24, 2.45) is 11.8 Å². The topological polar surface area (TPSA) is 170 Å². The third-order valence-corrected chi connectivity index (χ3v) is 20.6. The first-order valence-electron chi connectivity index (χ1n) is 31.7. The number of ether oxygens (including phenoxy) is 2. The van der Waals surface area contributed by atoms with Gasteiger partial charge in [-0.25, -0.2) is 42.5 Å². The van der Waals surface area contributed by atoms with E-state index in [0.717, 1.165) is 91.8 Å². The molecule has 3 spiro atoms. The third kappa shape index (κ3) is 12.9. The van der Waals surface area contributed by atoms with Gasteiger partial charge in [-0.15, -0.1) is 26.3 Å². The Morgan fingerprint density at radius 1 is 0.542 bits per heavy atom. The summed E-state index contributed by atoms with van der Waals surface area (Å²) in [5.41, 5.74) is 1.51. The monoisotopic (exact) mass is 1340 g/mol. The van der Waals surface area contributed by atoms with E-state index >= 15 is 0 Å². The Kier molecular flexibility index (Phi) is 17.3. The number of aromatic nitrogens is 3. The first-order chi connectivity index (χ1) is 45.3. The summed E-state index contributed by atoms with van der Waals surface area (Å²) in [6.07, 6.45) is 2.17. The number of alkyl halides is 6. The first-order valence-corrected chi connectivity index (χ1v) is 31.7. The molecule has 6 aromatic rings. The molecule has 8 aliphatic rings. The lowest BCUT2D eigenvalue weighted by atomic mass is 9.58. The molecule has 5 aliphatic carbocycles. The van der Waals surface area contributed by atoms with Crippen molar-refractivity contribution in [3.63, 3.8) is 0 Å². The number of anilines is 3. The van der Waals surface area contributed by atoms with E-state index in [1.54, 1.807) is 41.3 Å². The average molecular weight is 1340 g/mol. The number of nitrogens with one attached hydrogen (secondary N) is 1. The fraction of sp³-hybridized carbons (Fsp3) is 0.464. The van der Waals surface area contributed by atoms with Crippen LogP contribution in [-0.2, 0) is 16.6 Å². The van der Waals surface area contributed by atoms with Crippen LogP contribution in [0.3, 0.4) is 0 Å². The molecule has 3 aliphatic heterocycles. The van der Waals surface area contributed by atoms with Gasteiger partial charge in [0.1, 0.15) is 52.5 Å². The number of nitriles is 1. The van der Waals surface area contributed by atoms with E-state index in [9.17, 15) is 59.2 Å². The van der Waals surface area contributed by atoms with E-state index in [1.807, 2.05) is 77.2 Å². The van der Waals surface area contributed by atoms with Crippen LogP contribution in [0.15, 0.2) is 122 Å². The van der Waals surface area contributed by atoms with Crippen molar-refractivity contribution >= 4 is 35.5 Å². The highest BCUT2D eigenvalue weighted by Crippen LogP contribution is 2.60. The van der Waals surface area contributed by atoms with Crippen molar-refractivity contribution < 1.29 is 63.4 Å². The average Bonchev–Trinajstić information content (AvgIpc) is 1.44. The van der Waals surface area contributed by atoms with Crippen LogP contribution in [0.1, 0.15) is 92.0 Å². The Balaban J connectivity index is 0.000000138. The zero-order valence-corrected chi connectivity index (χ0v) is 54.1. The number of nitrogens with zero attached hydrogens (tertiary/aromatic N) is 12. The molecule has 0 unspecified atom stereocenters. The summed E-state index contributed by atoms with van der Waals surface area (Å²) in [7, 11) is 11.8. The van der Waals surface area contributed by atoms with Gasteiger partial charge in [0.15, 0.2) is 0 Å². The summed E-state index contributed by atoms with van der Waals surface area (Å²) in [6.45, 7) is 4.53. The number of benzene rings is 3. The number of carbonyl (C=O) groups is 3. The summed E-state index contributed by atoms with van der Waals surface area (Å²) >= 11 is 0. The number of rotatable bonds is 15. The molecule has 14 rings (SSSR count). The number of urea groups is 3. The molecule has 0 radical (unpaired) electrons. The van der Waals surface area contributed by atoms with Gasteiger partial charge < -0.3 is 24.6 Å². The fourth-order valence-electron chi connectivity index (χ4n) is 15.5. The maximum absolute atomic E-state index is 14.1. The van der Waals surface area contributed by atoms with Gasteiger partial charge in [0.05, 0.1) is 70.8 Å². The zero-order chi connectivity index (χ0) is 68.7. The van der Waals surface area contributed by atoms with Crippen LogP contribution in [0.5, 0.6) is 11.5 Å². The molecule has 0 atom stereocenters. The number of hydrogen-bond donors (Lipinski definition) is 1. The van der Waals surface area contributed by atoms with Crippen molar-refractivity contribution in [1.82, 2.24) is 44.8 Å². The van der Waals surface area contributed by atoms with Crippen molar-refractivity contribution in [3.8, 4) is 17.6 Å². The Morgan fingerprint density at radius 3 is 1.31 bits per heavy atom. The van der Waals surface area contributed by atoms with Gasteiger partial charge in [0, 0.05) is 19.3 Å². The number of aryl methyl sites for hydroxylation is 1. The molecule has 6 amide bonds. The highest BCUT2D eigenvalue weighted by Gasteiger charge is 2.67. The Bertz CT molecular complexity index is 3950. The summed E-state index contributed by atoms with van der Waals surface area (Å²) in [5.74, 6) is 0.407. The quantitative estimate of drug-likeness (QED) is 0.0967.